The number of hydrogen-bond acceptors (Lipinski definition) is 4. The zero-order valence-electron chi connectivity index (χ0n) is 14.7. The smallest absolute Gasteiger partial charge is 0.238 e. The predicted molar refractivity (Wildman–Crippen MR) is 98.1 cm³/mol. The van der Waals surface area contributed by atoms with E-state index in [0.717, 1.165) is 16.9 Å². The summed E-state index contributed by atoms with van der Waals surface area (Å²) in [6, 6.07) is 16.1. The van der Waals surface area contributed by atoms with Crippen LogP contribution >= 0.6 is 0 Å². The van der Waals surface area contributed by atoms with Crippen LogP contribution in [-0.4, -0.2) is 18.6 Å². The molecule has 0 bridgehead atoms. The Morgan fingerprint density at radius 1 is 1.12 bits per heavy atom. The van der Waals surface area contributed by atoms with Crippen molar-refractivity contribution < 1.29 is 9.53 Å². The fraction of sp³-hybridized carbons (Fsp3) is 0.350. The Labute approximate surface area is 148 Å². The molecular weight excluding hydrogens is 314 g/mol. The third-order valence-corrected chi connectivity index (χ3v) is 4.40. The zero-order chi connectivity index (χ0) is 17.6. The molecule has 1 saturated heterocycles. The molecular formula is C20H25N3O2. The molecule has 5 heteroatoms. The van der Waals surface area contributed by atoms with Crippen LogP contribution in [0.25, 0.3) is 0 Å². The second kappa shape index (κ2) is 8.14. The van der Waals surface area contributed by atoms with Crippen LogP contribution in [0.3, 0.4) is 0 Å². The average Bonchev–Trinajstić information content (AvgIpc) is 3.12. The maximum Gasteiger partial charge on any atom is 0.238 e. The first-order chi connectivity index (χ1) is 12.2. The van der Waals surface area contributed by atoms with Gasteiger partial charge in [-0.25, -0.2) is 10.9 Å². The van der Waals surface area contributed by atoms with E-state index in [9.17, 15) is 4.79 Å². The molecule has 0 saturated carbocycles. The van der Waals surface area contributed by atoms with Gasteiger partial charge < -0.3 is 10.1 Å². The molecule has 2 aromatic rings. The number of nitrogens with one attached hydrogen (secondary N) is 3. The number of hydrogen-bond donors (Lipinski definition) is 3. The summed E-state index contributed by atoms with van der Waals surface area (Å²) in [4.78, 5) is 12.4. The maximum atomic E-state index is 12.4. The Balaban J connectivity index is 1.51. The van der Waals surface area contributed by atoms with Crippen molar-refractivity contribution >= 4 is 5.91 Å². The molecule has 0 radical (unpaired) electrons. The molecule has 1 amide bonds. The summed E-state index contributed by atoms with van der Waals surface area (Å²) < 4.78 is 5.46. The quantitative estimate of drug-likeness (QED) is 0.757. The van der Waals surface area contributed by atoms with E-state index in [2.05, 4.69) is 35.2 Å². The van der Waals surface area contributed by atoms with Crippen molar-refractivity contribution in [2.75, 3.05) is 6.61 Å². The standard InChI is InChI=1S/C20H25N3O2/c1-3-25-17-10-8-16(9-11-17)18-12-19(23-22-18)20(24)21-13-15-6-4-14(2)5-7-15/h4-11,18-19,22-23H,3,12-13H2,1-2H3,(H,21,24). The summed E-state index contributed by atoms with van der Waals surface area (Å²) in [5.41, 5.74) is 9.77. The van der Waals surface area contributed by atoms with Gasteiger partial charge in [0.15, 0.2) is 0 Å². The van der Waals surface area contributed by atoms with Crippen molar-refractivity contribution in [1.82, 2.24) is 16.2 Å². The summed E-state index contributed by atoms with van der Waals surface area (Å²) in [5.74, 6) is 0.881. The van der Waals surface area contributed by atoms with Gasteiger partial charge in [-0.05, 0) is 43.5 Å². The third kappa shape index (κ3) is 4.59. The van der Waals surface area contributed by atoms with E-state index in [1.165, 1.54) is 5.56 Å². The molecule has 2 unspecified atom stereocenters. The molecule has 25 heavy (non-hydrogen) atoms. The van der Waals surface area contributed by atoms with Gasteiger partial charge in [0.2, 0.25) is 5.91 Å². The second-order valence-electron chi connectivity index (χ2n) is 6.34. The molecule has 1 heterocycles. The minimum Gasteiger partial charge on any atom is -0.494 e. The minimum absolute atomic E-state index is 0.0153. The number of benzene rings is 2. The Morgan fingerprint density at radius 2 is 1.84 bits per heavy atom. The van der Waals surface area contributed by atoms with Crippen LogP contribution in [-0.2, 0) is 11.3 Å². The molecule has 1 fully saturated rings. The largest absolute Gasteiger partial charge is 0.494 e. The number of ether oxygens (including phenoxy) is 1. The van der Waals surface area contributed by atoms with E-state index >= 15 is 0 Å². The van der Waals surface area contributed by atoms with E-state index in [1.807, 2.05) is 43.3 Å². The normalized spacial score (nSPS) is 19.6. The van der Waals surface area contributed by atoms with E-state index < -0.39 is 0 Å². The van der Waals surface area contributed by atoms with Crippen molar-refractivity contribution in [1.29, 1.82) is 0 Å². The molecule has 0 spiro atoms. The van der Waals surface area contributed by atoms with Crippen molar-refractivity contribution in [2.45, 2.75) is 38.9 Å². The van der Waals surface area contributed by atoms with Crippen molar-refractivity contribution in [3.05, 3.63) is 65.2 Å². The highest BCUT2D eigenvalue weighted by Gasteiger charge is 2.29. The SMILES string of the molecule is CCOc1ccc(C2CC(C(=O)NCc3ccc(C)cc3)NN2)cc1. The van der Waals surface area contributed by atoms with Crippen LogP contribution in [0.2, 0.25) is 0 Å². The van der Waals surface area contributed by atoms with Gasteiger partial charge in [-0.3, -0.25) is 4.79 Å². The number of rotatable bonds is 6. The summed E-state index contributed by atoms with van der Waals surface area (Å²) in [5, 5.41) is 3.00. The Morgan fingerprint density at radius 3 is 2.52 bits per heavy atom. The van der Waals surface area contributed by atoms with E-state index in [4.69, 9.17) is 4.74 Å². The highest BCUT2D eigenvalue weighted by molar-refractivity contribution is 5.82. The molecule has 0 aliphatic carbocycles. The average molecular weight is 339 g/mol. The van der Waals surface area contributed by atoms with E-state index in [-0.39, 0.29) is 18.0 Å². The molecule has 5 nitrogen and oxygen atoms in total. The highest BCUT2D eigenvalue weighted by Crippen LogP contribution is 2.24. The summed E-state index contributed by atoms with van der Waals surface area (Å²) in [7, 11) is 0. The van der Waals surface area contributed by atoms with Crippen LogP contribution in [0.1, 0.15) is 36.1 Å². The molecule has 1 aliphatic heterocycles. The first-order valence-electron chi connectivity index (χ1n) is 8.73. The first-order valence-corrected chi connectivity index (χ1v) is 8.73. The second-order valence-corrected chi connectivity index (χ2v) is 6.34. The zero-order valence-corrected chi connectivity index (χ0v) is 14.7. The number of aryl methyl sites for hydroxylation is 1. The van der Waals surface area contributed by atoms with Crippen LogP contribution < -0.4 is 20.9 Å². The van der Waals surface area contributed by atoms with E-state index in [1.54, 1.807) is 0 Å². The number of carbonyl (C=O) groups excluding carboxylic acids is 1. The third-order valence-electron chi connectivity index (χ3n) is 4.40. The van der Waals surface area contributed by atoms with E-state index in [0.29, 0.717) is 19.6 Å². The van der Waals surface area contributed by atoms with Crippen LogP contribution in [0.15, 0.2) is 48.5 Å². The monoisotopic (exact) mass is 339 g/mol. The van der Waals surface area contributed by atoms with Gasteiger partial charge in [0.25, 0.3) is 0 Å². The number of amides is 1. The topological polar surface area (TPSA) is 62.4 Å². The van der Waals surface area contributed by atoms with Gasteiger partial charge in [-0.2, -0.15) is 0 Å². The van der Waals surface area contributed by atoms with Crippen molar-refractivity contribution in [3.8, 4) is 5.75 Å². The van der Waals surface area contributed by atoms with Gasteiger partial charge >= 0.3 is 0 Å². The minimum atomic E-state index is -0.234. The van der Waals surface area contributed by atoms with Gasteiger partial charge in [0, 0.05) is 12.6 Å². The number of carbonyl (C=O) groups is 1. The molecule has 0 aromatic heterocycles. The Kier molecular flexibility index (Phi) is 5.68. The fourth-order valence-corrected chi connectivity index (χ4v) is 2.93. The van der Waals surface area contributed by atoms with Crippen LogP contribution in [0, 0.1) is 6.92 Å². The fourth-order valence-electron chi connectivity index (χ4n) is 2.93. The predicted octanol–water partition coefficient (Wildman–Crippen LogP) is 2.62. The lowest BCUT2D eigenvalue weighted by Gasteiger charge is -2.11. The first kappa shape index (κ1) is 17.5. The molecule has 3 N–H and O–H groups in total. The lowest BCUT2D eigenvalue weighted by molar-refractivity contribution is -0.123. The molecule has 132 valence electrons. The van der Waals surface area contributed by atoms with Crippen LogP contribution in [0.4, 0.5) is 0 Å². The maximum absolute atomic E-state index is 12.4. The van der Waals surface area contributed by atoms with Gasteiger partial charge in [0.05, 0.1) is 6.61 Å². The molecule has 1 aliphatic rings. The van der Waals surface area contributed by atoms with Crippen LogP contribution in [0.5, 0.6) is 5.75 Å². The highest BCUT2D eigenvalue weighted by atomic mass is 16.5. The van der Waals surface area contributed by atoms with Crippen molar-refractivity contribution in [3.63, 3.8) is 0 Å². The van der Waals surface area contributed by atoms with Gasteiger partial charge in [0.1, 0.15) is 11.8 Å². The van der Waals surface area contributed by atoms with Crippen molar-refractivity contribution in [2.24, 2.45) is 0 Å². The summed E-state index contributed by atoms with van der Waals surface area (Å²) in [6.45, 7) is 5.23. The molecule has 2 aromatic carbocycles. The molecule has 3 rings (SSSR count). The summed E-state index contributed by atoms with van der Waals surface area (Å²) in [6.07, 6.45) is 0.716. The lowest BCUT2D eigenvalue weighted by Crippen LogP contribution is -2.42. The Hall–Kier alpha value is -2.37. The number of hydrazine groups is 1. The molecule has 2 atom stereocenters. The summed E-state index contributed by atoms with van der Waals surface area (Å²) >= 11 is 0. The Bertz CT molecular complexity index is 698. The van der Waals surface area contributed by atoms with Gasteiger partial charge in [-0.1, -0.05) is 42.0 Å². The van der Waals surface area contributed by atoms with Gasteiger partial charge in [-0.15, -0.1) is 0 Å². The lowest BCUT2D eigenvalue weighted by atomic mass is 10.0.